The molecule has 0 aromatic heterocycles. The van der Waals surface area contributed by atoms with Gasteiger partial charge in [-0.25, -0.2) is 0 Å². The van der Waals surface area contributed by atoms with Gasteiger partial charge in [-0.1, -0.05) is 24.3 Å². The number of amides is 1. The van der Waals surface area contributed by atoms with Crippen LogP contribution in [0.25, 0.3) is 0 Å². The van der Waals surface area contributed by atoms with E-state index in [1.54, 1.807) is 0 Å². The van der Waals surface area contributed by atoms with Gasteiger partial charge in [-0.2, -0.15) is 0 Å². The van der Waals surface area contributed by atoms with E-state index in [1.807, 2.05) is 56.3 Å². The fraction of sp³-hybridized carbons (Fsp3) is 0.188. The molecule has 0 saturated carbocycles. The van der Waals surface area contributed by atoms with Crippen LogP contribution in [0.5, 0.6) is 0 Å². The molecule has 1 amide bonds. The predicted octanol–water partition coefficient (Wildman–Crippen LogP) is 4.44. The van der Waals surface area contributed by atoms with E-state index in [1.165, 1.54) is 0 Å². The van der Waals surface area contributed by atoms with Gasteiger partial charge in [0.05, 0.1) is 11.3 Å². The van der Waals surface area contributed by atoms with Crippen molar-refractivity contribution in [2.45, 2.75) is 13.8 Å². The summed E-state index contributed by atoms with van der Waals surface area (Å²) in [5.74, 6) is -0.118. The smallest absolute Gasteiger partial charge is 0.257 e. The molecule has 0 fully saturated rings. The molecule has 0 aliphatic rings. The summed E-state index contributed by atoms with van der Waals surface area (Å²) in [4.78, 5) is 12.4. The largest absolute Gasteiger partial charge is 0.385 e. The molecule has 2 aromatic rings. The lowest BCUT2D eigenvalue weighted by Gasteiger charge is -2.12. The Morgan fingerprint density at radius 1 is 1.10 bits per heavy atom. The Morgan fingerprint density at radius 2 is 1.80 bits per heavy atom. The van der Waals surface area contributed by atoms with E-state index in [9.17, 15) is 4.79 Å². The molecule has 0 spiro atoms. The van der Waals surface area contributed by atoms with E-state index in [-0.39, 0.29) is 5.91 Å². The second-order valence-electron chi connectivity index (χ2n) is 4.47. The minimum absolute atomic E-state index is 0.118. The Bertz CT molecular complexity index is 626. The van der Waals surface area contributed by atoms with Crippen molar-refractivity contribution in [2.75, 3.05) is 17.2 Å². The summed E-state index contributed by atoms with van der Waals surface area (Å²) in [5.41, 5.74) is 3.35. The molecular weight excluding hydrogens is 316 g/mol. The highest BCUT2D eigenvalue weighted by Gasteiger charge is 2.12. The topological polar surface area (TPSA) is 41.1 Å². The Morgan fingerprint density at radius 3 is 2.55 bits per heavy atom. The standard InChI is InChI=1S/C16H17BrN2O/c1-3-18-13-9-5-4-8-12(13)16(20)19-14-10-6-7-11(2)15(14)17/h4-10,18H,3H2,1-2H3,(H,19,20). The number of rotatable bonds is 4. The van der Waals surface area contributed by atoms with Crippen molar-refractivity contribution >= 4 is 33.2 Å². The highest BCUT2D eigenvalue weighted by atomic mass is 79.9. The zero-order valence-electron chi connectivity index (χ0n) is 11.5. The van der Waals surface area contributed by atoms with Gasteiger partial charge in [0, 0.05) is 16.7 Å². The number of anilines is 2. The molecule has 20 heavy (non-hydrogen) atoms. The van der Waals surface area contributed by atoms with E-state index < -0.39 is 0 Å². The molecule has 0 radical (unpaired) electrons. The van der Waals surface area contributed by atoms with Gasteiger partial charge in [0.15, 0.2) is 0 Å². The Balaban J connectivity index is 2.26. The van der Waals surface area contributed by atoms with Gasteiger partial charge in [0.1, 0.15) is 0 Å². The maximum Gasteiger partial charge on any atom is 0.257 e. The van der Waals surface area contributed by atoms with Crippen LogP contribution in [0.2, 0.25) is 0 Å². The number of aryl methyl sites for hydroxylation is 1. The summed E-state index contributed by atoms with van der Waals surface area (Å²) in [6.45, 7) is 4.77. The van der Waals surface area contributed by atoms with Crippen LogP contribution < -0.4 is 10.6 Å². The van der Waals surface area contributed by atoms with Crippen LogP contribution in [0.3, 0.4) is 0 Å². The highest BCUT2D eigenvalue weighted by Crippen LogP contribution is 2.27. The first-order chi connectivity index (χ1) is 9.63. The maximum atomic E-state index is 12.4. The lowest BCUT2D eigenvalue weighted by Crippen LogP contribution is -2.15. The molecule has 4 heteroatoms. The quantitative estimate of drug-likeness (QED) is 0.868. The summed E-state index contributed by atoms with van der Waals surface area (Å²) in [6, 6.07) is 13.3. The lowest BCUT2D eigenvalue weighted by atomic mass is 10.1. The fourth-order valence-electron chi connectivity index (χ4n) is 1.96. The number of carbonyl (C=O) groups is 1. The summed E-state index contributed by atoms with van der Waals surface area (Å²) in [6.07, 6.45) is 0. The third-order valence-corrected chi connectivity index (χ3v) is 4.03. The molecule has 2 aromatic carbocycles. The molecule has 2 N–H and O–H groups in total. The molecule has 0 heterocycles. The van der Waals surface area contributed by atoms with Crippen LogP contribution in [0.15, 0.2) is 46.9 Å². The minimum Gasteiger partial charge on any atom is -0.385 e. The average Bonchev–Trinajstić information content (AvgIpc) is 2.45. The molecular formula is C16H17BrN2O. The molecule has 0 saturated heterocycles. The zero-order chi connectivity index (χ0) is 14.5. The number of carbonyl (C=O) groups excluding carboxylic acids is 1. The van der Waals surface area contributed by atoms with E-state index in [0.29, 0.717) is 5.56 Å². The van der Waals surface area contributed by atoms with Gasteiger partial charge >= 0.3 is 0 Å². The molecule has 0 aliphatic carbocycles. The van der Waals surface area contributed by atoms with Crippen molar-refractivity contribution in [1.29, 1.82) is 0 Å². The first-order valence-corrected chi connectivity index (χ1v) is 7.32. The summed E-state index contributed by atoms with van der Waals surface area (Å²) >= 11 is 3.50. The first-order valence-electron chi connectivity index (χ1n) is 6.53. The van der Waals surface area contributed by atoms with Gasteiger partial charge in [-0.05, 0) is 53.5 Å². The van der Waals surface area contributed by atoms with Crippen molar-refractivity contribution in [3.63, 3.8) is 0 Å². The van der Waals surface area contributed by atoms with Crippen molar-refractivity contribution in [3.8, 4) is 0 Å². The van der Waals surface area contributed by atoms with Crippen LogP contribution >= 0.6 is 15.9 Å². The van der Waals surface area contributed by atoms with E-state index in [0.717, 1.165) is 28.0 Å². The predicted molar refractivity (Wildman–Crippen MR) is 87.4 cm³/mol. The lowest BCUT2D eigenvalue weighted by molar-refractivity contribution is 0.102. The van der Waals surface area contributed by atoms with Gasteiger partial charge in [-0.15, -0.1) is 0 Å². The van der Waals surface area contributed by atoms with Crippen LogP contribution in [-0.2, 0) is 0 Å². The van der Waals surface area contributed by atoms with Gasteiger partial charge in [0.2, 0.25) is 0 Å². The molecule has 0 unspecified atom stereocenters. The van der Waals surface area contributed by atoms with Crippen molar-refractivity contribution in [2.24, 2.45) is 0 Å². The van der Waals surface area contributed by atoms with Crippen LogP contribution in [0.1, 0.15) is 22.8 Å². The molecule has 3 nitrogen and oxygen atoms in total. The number of nitrogens with one attached hydrogen (secondary N) is 2. The second-order valence-corrected chi connectivity index (χ2v) is 5.26. The van der Waals surface area contributed by atoms with Gasteiger partial charge in [0.25, 0.3) is 5.91 Å². The Hall–Kier alpha value is -1.81. The average molecular weight is 333 g/mol. The van der Waals surface area contributed by atoms with Crippen LogP contribution in [0.4, 0.5) is 11.4 Å². The number of para-hydroxylation sites is 1. The maximum absolute atomic E-state index is 12.4. The number of benzene rings is 2. The van der Waals surface area contributed by atoms with Crippen LogP contribution in [0, 0.1) is 6.92 Å². The zero-order valence-corrected chi connectivity index (χ0v) is 13.1. The molecule has 0 aliphatic heterocycles. The monoisotopic (exact) mass is 332 g/mol. The molecule has 2 rings (SSSR count). The third kappa shape index (κ3) is 3.20. The Labute approximate surface area is 127 Å². The highest BCUT2D eigenvalue weighted by molar-refractivity contribution is 9.10. The fourth-order valence-corrected chi connectivity index (χ4v) is 2.32. The van der Waals surface area contributed by atoms with Crippen molar-refractivity contribution in [1.82, 2.24) is 0 Å². The van der Waals surface area contributed by atoms with Gasteiger partial charge < -0.3 is 10.6 Å². The van der Waals surface area contributed by atoms with E-state index >= 15 is 0 Å². The van der Waals surface area contributed by atoms with E-state index in [2.05, 4.69) is 26.6 Å². The van der Waals surface area contributed by atoms with Crippen molar-refractivity contribution in [3.05, 3.63) is 58.1 Å². The number of halogens is 1. The third-order valence-electron chi connectivity index (χ3n) is 2.98. The minimum atomic E-state index is -0.118. The summed E-state index contributed by atoms with van der Waals surface area (Å²) < 4.78 is 0.911. The number of hydrogen-bond acceptors (Lipinski definition) is 2. The summed E-state index contributed by atoms with van der Waals surface area (Å²) in [5, 5.41) is 6.14. The second kappa shape index (κ2) is 6.57. The van der Waals surface area contributed by atoms with Gasteiger partial charge in [-0.3, -0.25) is 4.79 Å². The Kier molecular flexibility index (Phi) is 4.79. The van der Waals surface area contributed by atoms with Crippen molar-refractivity contribution < 1.29 is 4.79 Å². The normalized spacial score (nSPS) is 10.2. The SMILES string of the molecule is CCNc1ccccc1C(=O)Nc1cccc(C)c1Br. The molecule has 0 bridgehead atoms. The molecule has 104 valence electrons. The first kappa shape index (κ1) is 14.6. The van der Waals surface area contributed by atoms with Crippen LogP contribution in [-0.4, -0.2) is 12.5 Å². The van der Waals surface area contributed by atoms with E-state index in [4.69, 9.17) is 0 Å². The number of hydrogen-bond donors (Lipinski definition) is 2. The molecule has 0 atom stereocenters. The summed E-state index contributed by atoms with van der Waals surface area (Å²) in [7, 11) is 0.